The average Bonchev–Trinajstić information content (AvgIpc) is 2.13. The Hall–Kier alpha value is -0.550. The second-order valence-corrected chi connectivity index (χ2v) is 2.62. The maximum absolute atomic E-state index is 10.0. The van der Waals surface area contributed by atoms with Gasteiger partial charge < -0.3 is 0 Å². The molecule has 0 aliphatic heterocycles. The van der Waals surface area contributed by atoms with Crippen molar-refractivity contribution < 1.29 is 4.92 Å². The summed E-state index contributed by atoms with van der Waals surface area (Å²) in [6, 6.07) is 0. The third-order valence-electron chi connectivity index (χ3n) is 0.818. The molecule has 0 unspecified atom stereocenters. The number of nitro groups is 1. The van der Waals surface area contributed by atoms with Gasteiger partial charge in [-0.15, -0.1) is 24.0 Å². The Bertz CT molecular complexity index is 232. The molecule has 0 fully saturated rings. The second kappa shape index (κ2) is 2.36. The van der Waals surface area contributed by atoms with E-state index in [1.165, 1.54) is 16.7 Å². The lowest BCUT2D eigenvalue weighted by Crippen LogP contribution is -1.84. The van der Waals surface area contributed by atoms with E-state index in [1.807, 2.05) is 0 Å². The fourth-order valence-corrected chi connectivity index (χ4v) is 1.50. The lowest BCUT2D eigenvalue weighted by molar-refractivity contribution is -0.387. The van der Waals surface area contributed by atoms with Crippen LogP contribution in [-0.2, 0) is 0 Å². The van der Waals surface area contributed by atoms with Crippen LogP contribution in [0.15, 0.2) is 15.7 Å². The van der Waals surface area contributed by atoms with Gasteiger partial charge in [0.15, 0.2) is 0 Å². The van der Waals surface area contributed by atoms with Gasteiger partial charge in [-0.05, 0) is 0 Å². The minimum atomic E-state index is -0.446. The van der Waals surface area contributed by atoms with E-state index in [9.17, 15) is 10.1 Å². The monoisotopic (exact) mass is 161 g/mol. The van der Waals surface area contributed by atoms with Crippen LogP contribution in [0.4, 0.5) is 5.69 Å². The van der Waals surface area contributed by atoms with Crippen LogP contribution in [0, 0.1) is 10.1 Å². The first kappa shape index (κ1) is 6.57. The quantitative estimate of drug-likeness (QED) is 0.388. The molecule has 9 heavy (non-hydrogen) atoms. The van der Waals surface area contributed by atoms with Crippen molar-refractivity contribution in [3.63, 3.8) is 0 Å². The SMILES string of the molecule is O=[N+]([O-])c1cscc1S. The number of hydrogen-bond donors (Lipinski definition) is 1. The van der Waals surface area contributed by atoms with Crippen molar-refractivity contribution in [2.24, 2.45) is 0 Å². The molecule has 3 nitrogen and oxygen atoms in total. The van der Waals surface area contributed by atoms with Crippen LogP contribution >= 0.6 is 24.0 Å². The molecule has 5 heteroatoms. The Balaban J connectivity index is 3.08. The minimum Gasteiger partial charge on any atom is -0.258 e. The summed E-state index contributed by atoms with van der Waals surface area (Å²) < 4.78 is 0. The van der Waals surface area contributed by atoms with Gasteiger partial charge in [-0.3, -0.25) is 10.1 Å². The normalized spacial score (nSPS) is 9.44. The van der Waals surface area contributed by atoms with E-state index in [1.54, 1.807) is 5.38 Å². The molecule has 48 valence electrons. The summed E-state index contributed by atoms with van der Waals surface area (Å²) in [5.41, 5.74) is 0.0864. The van der Waals surface area contributed by atoms with Gasteiger partial charge in [0.25, 0.3) is 5.69 Å². The van der Waals surface area contributed by atoms with Crippen LogP contribution in [-0.4, -0.2) is 4.92 Å². The van der Waals surface area contributed by atoms with E-state index in [0.717, 1.165) is 0 Å². The molecule has 0 bridgehead atoms. The molecule has 1 rings (SSSR count). The van der Waals surface area contributed by atoms with Gasteiger partial charge >= 0.3 is 0 Å². The highest BCUT2D eigenvalue weighted by molar-refractivity contribution is 7.80. The largest absolute Gasteiger partial charge is 0.293 e. The highest BCUT2D eigenvalue weighted by Gasteiger charge is 2.09. The number of hydrogen-bond acceptors (Lipinski definition) is 4. The fourth-order valence-electron chi connectivity index (χ4n) is 0.420. The van der Waals surface area contributed by atoms with Gasteiger partial charge in [0.05, 0.1) is 15.2 Å². The predicted molar refractivity (Wildman–Crippen MR) is 38.2 cm³/mol. The summed E-state index contributed by atoms with van der Waals surface area (Å²) in [6.07, 6.45) is 0. The van der Waals surface area contributed by atoms with Crippen molar-refractivity contribution in [1.82, 2.24) is 0 Å². The van der Waals surface area contributed by atoms with E-state index >= 15 is 0 Å². The maximum atomic E-state index is 10.0. The van der Waals surface area contributed by atoms with E-state index < -0.39 is 4.92 Å². The first-order valence-electron chi connectivity index (χ1n) is 2.11. The minimum absolute atomic E-state index is 0.0864. The Morgan fingerprint density at radius 1 is 1.67 bits per heavy atom. The van der Waals surface area contributed by atoms with Crippen LogP contribution in [0.5, 0.6) is 0 Å². The molecule has 0 saturated heterocycles. The zero-order valence-electron chi connectivity index (χ0n) is 4.27. The molecule has 0 radical (unpaired) electrons. The van der Waals surface area contributed by atoms with Crippen molar-refractivity contribution in [1.29, 1.82) is 0 Å². The molecule has 0 atom stereocenters. The molecule has 0 saturated carbocycles. The molecule has 1 heterocycles. The summed E-state index contributed by atoms with van der Waals surface area (Å²) in [5.74, 6) is 0. The summed E-state index contributed by atoms with van der Waals surface area (Å²) in [7, 11) is 0. The maximum Gasteiger partial charge on any atom is 0.293 e. The van der Waals surface area contributed by atoms with Crippen LogP contribution in [0.3, 0.4) is 0 Å². The number of thiol groups is 1. The van der Waals surface area contributed by atoms with Crippen LogP contribution < -0.4 is 0 Å². The Morgan fingerprint density at radius 3 is 2.56 bits per heavy atom. The first-order chi connectivity index (χ1) is 4.22. The molecule has 1 aromatic heterocycles. The number of nitrogens with zero attached hydrogens (tertiary/aromatic N) is 1. The Labute approximate surface area is 60.9 Å². The van der Waals surface area contributed by atoms with Gasteiger partial charge in [0.1, 0.15) is 0 Å². The second-order valence-electron chi connectivity index (χ2n) is 1.40. The molecule has 0 spiro atoms. The summed E-state index contributed by atoms with van der Waals surface area (Å²) in [4.78, 5) is 10.0. The number of thiophene rings is 1. The van der Waals surface area contributed by atoms with Crippen LogP contribution in [0.25, 0.3) is 0 Å². The van der Waals surface area contributed by atoms with Gasteiger partial charge in [-0.25, -0.2) is 0 Å². The highest BCUT2D eigenvalue weighted by atomic mass is 32.1. The van der Waals surface area contributed by atoms with Gasteiger partial charge in [0, 0.05) is 5.38 Å². The summed E-state index contributed by atoms with van der Waals surface area (Å²) >= 11 is 5.13. The van der Waals surface area contributed by atoms with Gasteiger partial charge in [-0.1, -0.05) is 0 Å². The Morgan fingerprint density at radius 2 is 2.33 bits per heavy atom. The van der Waals surface area contributed by atoms with Crippen LogP contribution in [0.2, 0.25) is 0 Å². The first-order valence-corrected chi connectivity index (χ1v) is 3.50. The molecular weight excluding hydrogens is 158 g/mol. The summed E-state index contributed by atoms with van der Waals surface area (Å²) in [6.45, 7) is 0. The zero-order chi connectivity index (χ0) is 6.85. The summed E-state index contributed by atoms with van der Waals surface area (Å²) in [5, 5.41) is 13.1. The molecule has 0 N–H and O–H groups in total. The molecule has 1 aromatic rings. The van der Waals surface area contributed by atoms with Crippen molar-refractivity contribution in [3.8, 4) is 0 Å². The highest BCUT2D eigenvalue weighted by Crippen LogP contribution is 2.25. The van der Waals surface area contributed by atoms with E-state index in [0.29, 0.717) is 4.90 Å². The Kier molecular flexibility index (Phi) is 1.73. The smallest absolute Gasteiger partial charge is 0.258 e. The average molecular weight is 161 g/mol. The molecule has 0 aromatic carbocycles. The molecule has 0 amide bonds. The topological polar surface area (TPSA) is 43.1 Å². The molecular formula is C4H3NO2S2. The lowest BCUT2D eigenvalue weighted by atomic mass is 10.5. The van der Waals surface area contributed by atoms with Crippen molar-refractivity contribution in [3.05, 3.63) is 20.9 Å². The third-order valence-corrected chi connectivity index (χ3v) is 2.08. The van der Waals surface area contributed by atoms with Crippen LogP contribution in [0.1, 0.15) is 0 Å². The molecule has 0 aliphatic carbocycles. The molecule has 0 aliphatic rings. The van der Waals surface area contributed by atoms with Crippen molar-refractivity contribution in [2.75, 3.05) is 0 Å². The van der Waals surface area contributed by atoms with Crippen molar-refractivity contribution >= 4 is 29.7 Å². The fraction of sp³-hybridized carbons (Fsp3) is 0. The third kappa shape index (κ3) is 1.22. The number of rotatable bonds is 1. The van der Waals surface area contributed by atoms with Gasteiger partial charge in [0.2, 0.25) is 0 Å². The van der Waals surface area contributed by atoms with E-state index in [4.69, 9.17) is 0 Å². The standard InChI is InChI=1S/C4H3NO2S2/c6-5(7)3-1-9-2-4(3)8/h1-2,8H. The van der Waals surface area contributed by atoms with E-state index in [-0.39, 0.29) is 5.69 Å². The lowest BCUT2D eigenvalue weighted by Gasteiger charge is -1.82. The van der Waals surface area contributed by atoms with E-state index in [2.05, 4.69) is 12.6 Å². The van der Waals surface area contributed by atoms with Gasteiger partial charge in [-0.2, -0.15) is 0 Å². The van der Waals surface area contributed by atoms with Crippen molar-refractivity contribution in [2.45, 2.75) is 4.90 Å². The zero-order valence-corrected chi connectivity index (χ0v) is 5.98. The predicted octanol–water partition coefficient (Wildman–Crippen LogP) is 1.94.